The highest BCUT2D eigenvalue weighted by Crippen LogP contribution is 2.41. The van der Waals surface area contributed by atoms with Gasteiger partial charge in [0.2, 0.25) is 11.7 Å². The first kappa shape index (κ1) is 20.0. The number of fused-ring (bicyclic) bond motifs is 1. The van der Waals surface area contributed by atoms with E-state index < -0.39 is 22.0 Å². The van der Waals surface area contributed by atoms with Gasteiger partial charge in [-0.3, -0.25) is 0 Å². The number of anilines is 1. The topological polar surface area (TPSA) is 137 Å². The summed E-state index contributed by atoms with van der Waals surface area (Å²) in [6.45, 7) is -0.287. The van der Waals surface area contributed by atoms with Crippen LogP contribution in [0.1, 0.15) is 42.9 Å². The number of aliphatic hydroxyl groups excluding tert-OH is 1. The van der Waals surface area contributed by atoms with Gasteiger partial charge in [-0.1, -0.05) is 24.3 Å². The number of nitrogens with zero attached hydrogens (tertiary/aromatic N) is 2. The Balaban J connectivity index is 1.55. The molecule has 1 aromatic carbocycles. The summed E-state index contributed by atoms with van der Waals surface area (Å²) in [6, 6.07) is 9.98. The van der Waals surface area contributed by atoms with Gasteiger partial charge in [-0.2, -0.15) is 8.42 Å². The van der Waals surface area contributed by atoms with Crippen LogP contribution in [-0.2, 0) is 20.9 Å². The van der Waals surface area contributed by atoms with Crippen LogP contribution in [0.4, 0.5) is 5.82 Å². The third-order valence-electron chi connectivity index (χ3n) is 5.55. The summed E-state index contributed by atoms with van der Waals surface area (Å²) in [5.41, 5.74) is 2.55. The van der Waals surface area contributed by atoms with Crippen LogP contribution in [0.15, 0.2) is 36.7 Å². The van der Waals surface area contributed by atoms with Gasteiger partial charge in [0.05, 0.1) is 12.6 Å². The van der Waals surface area contributed by atoms with Crippen molar-refractivity contribution in [3.05, 3.63) is 47.8 Å². The van der Waals surface area contributed by atoms with E-state index in [0.717, 1.165) is 12.8 Å². The summed E-state index contributed by atoms with van der Waals surface area (Å²) in [5, 5.41) is 18.2. The number of aryl methyl sites for hydroxylation is 1. The lowest BCUT2D eigenvalue weighted by Gasteiger charge is -2.32. The highest BCUT2D eigenvalue weighted by Gasteiger charge is 2.49. The maximum Gasteiger partial charge on any atom is 0.336 e. The Morgan fingerprint density at radius 2 is 2.10 bits per heavy atom. The van der Waals surface area contributed by atoms with Crippen LogP contribution < -0.4 is 15.2 Å². The van der Waals surface area contributed by atoms with Crippen molar-refractivity contribution < 1.29 is 22.4 Å². The van der Waals surface area contributed by atoms with Gasteiger partial charge in [-0.25, -0.2) is 19.3 Å². The summed E-state index contributed by atoms with van der Waals surface area (Å²) in [6.07, 6.45) is 4.75. The second-order valence-electron chi connectivity index (χ2n) is 7.44. The van der Waals surface area contributed by atoms with Crippen LogP contribution in [0.5, 0.6) is 5.88 Å². The first-order valence-corrected chi connectivity index (χ1v) is 11.1. The molecule has 0 radical (unpaired) electrons. The van der Waals surface area contributed by atoms with Gasteiger partial charge in [0.15, 0.2) is 0 Å². The molecular formula is C19H24N4O5S. The first-order valence-electron chi connectivity index (χ1n) is 9.58. The predicted molar refractivity (Wildman–Crippen MR) is 105 cm³/mol. The van der Waals surface area contributed by atoms with Gasteiger partial charge in [0.1, 0.15) is 12.1 Å². The molecule has 3 atom stereocenters. The molecule has 9 nitrogen and oxygen atoms in total. The maximum atomic E-state index is 11.6. The Labute approximate surface area is 169 Å². The third-order valence-corrected chi connectivity index (χ3v) is 6.07. The highest BCUT2D eigenvalue weighted by atomic mass is 32.2. The minimum atomic E-state index is -4.29. The van der Waals surface area contributed by atoms with Gasteiger partial charge in [-0.05, 0) is 36.8 Å². The van der Waals surface area contributed by atoms with E-state index in [1.54, 1.807) is 6.07 Å². The summed E-state index contributed by atoms with van der Waals surface area (Å²) in [7, 11) is -4.29. The van der Waals surface area contributed by atoms with Crippen LogP contribution in [0.3, 0.4) is 0 Å². The second kappa shape index (κ2) is 7.86. The molecule has 4 rings (SSSR count). The molecule has 2 aliphatic carbocycles. The van der Waals surface area contributed by atoms with Crippen molar-refractivity contribution in [2.45, 2.75) is 43.9 Å². The lowest BCUT2D eigenvalue weighted by Crippen LogP contribution is -2.47. The van der Waals surface area contributed by atoms with Gasteiger partial charge < -0.3 is 15.2 Å². The molecule has 0 aliphatic heterocycles. The van der Waals surface area contributed by atoms with Crippen molar-refractivity contribution in [3.8, 4) is 5.88 Å². The van der Waals surface area contributed by atoms with E-state index in [4.69, 9.17) is 14.1 Å². The molecule has 1 fully saturated rings. The first-order chi connectivity index (χ1) is 13.9. The summed E-state index contributed by atoms with van der Waals surface area (Å²) in [5.74, 6) is -1.40. The van der Waals surface area contributed by atoms with E-state index in [9.17, 15) is 13.5 Å². The number of nitrogens with one attached hydrogen (secondary N) is 1. The molecule has 156 valence electrons. The summed E-state index contributed by atoms with van der Waals surface area (Å²) in [4.78, 5) is 8.35. The lowest BCUT2D eigenvalue weighted by atomic mass is 10.0. The number of ether oxygens (including phenoxy) is 1. The fourth-order valence-electron chi connectivity index (χ4n) is 4.24. The summed E-state index contributed by atoms with van der Waals surface area (Å²) < 4.78 is 34.2. The van der Waals surface area contributed by atoms with Crippen LogP contribution in [0, 0.1) is 5.92 Å². The smallest absolute Gasteiger partial charge is 0.336 e. The number of hydrogen-bond acceptors (Lipinski definition) is 8. The molecule has 1 heterocycles. The molecule has 29 heavy (non-hydrogen) atoms. The molecule has 0 amide bonds. The van der Waals surface area contributed by atoms with E-state index >= 15 is 0 Å². The Kier molecular flexibility index (Phi) is 5.43. The minimum absolute atomic E-state index is 0.125. The standard InChI is InChI=1S/C19H24N4O5S/c20-29(25,26)28-19(9-3-5-14(19)11-24)27-18-10-17(21-12-22-18)23-16-8-7-13-4-1-2-6-15(13)16/h1-2,4,6,10,12,14,16,24H,3,5,7-9,11H2,(H2,20,25,26)(H,21,22,23)/t14?,16-,19?/m0/s1. The number of benzene rings is 1. The Hall–Kier alpha value is -2.27. The summed E-state index contributed by atoms with van der Waals surface area (Å²) >= 11 is 0. The molecule has 0 bridgehead atoms. The van der Waals surface area contributed by atoms with E-state index in [0.29, 0.717) is 18.7 Å². The maximum absolute atomic E-state index is 11.6. The van der Waals surface area contributed by atoms with Gasteiger partial charge in [0.25, 0.3) is 0 Å². The Morgan fingerprint density at radius 1 is 1.28 bits per heavy atom. The fraction of sp³-hybridized carbons (Fsp3) is 0.474. The fourth-order valence-corrected chi connectivity index (χ4v) is 4.89. The van der Waals surface area contributed by atoms with Gasteiger partial charge in [0, 0.05) is 18.4 Å². The van der Waals surface area contributed by atoms with E-state index in [-0.39, 0.29) is 24.9 Å². The van der Waals surface area contributed by atoms with Crippen LogP contribution in [0.2, 0.25) is 0 Å². The zero-order valence-corrected chi connectivity index (χ0v) is 16.6. The van der Waals surface area contributed by atoms with E-state index in [1.165, 1.54) is 17.5 Å². The van der Waals surface area contributed by atoms with Crippen molar-refractivity contribution in [1.29, 1.82) is 0 Å². The molecule has 1 saturated carbocycles. The zero-order chi connectivity index (χ0) is 20.5. The lowest BCUT2D eigenvalue weighted by molar-refractivity contribution is -0.148. The normalized spacial score (nSPS) is 26.3. The molecule has 2 unspecified atom stereocenters. The minimum Gasteiger partial charge on any atom is -0.443 e. The van der Waals surface area contributed by atoms with E-state index in [1.807, 2.05) is 12.1 Å². The van der Waals surface area contributed by atoms with Crippen molar-refractivity contribution in [2.24, 2.45) is 11.1 Å². The number of aromatic nitrogens is 2. The molecule has 2 aromatic rings. The number of hydrogen-bond donors (Lipinski definition) is 3. The number of nitrogens with two attached hydrogens (primary N) is 1. The van der Waals surface area contributed by atoms with Crippen molar-refractivity contribution in [3.63, 3.8) is 0 Å². The molecule has 2 aliphatic rings. The van der Waals surface area contributed by atoms with Gasteiger partial charge >= 0.3 is 10.3 Å². The van der Waals surface area contributed by atoms with Crippen molar-refractivity contribution >= 4 is 16.1 Å². The van der Waals surface area contributed by atoms with Crippen LogP contribution >= 0.6 is 0 Å². The van der Waals surface area contributed by atoms with E-state index in [2.05, 4.69) is 27.4 Å². The SMILES string of the molecule is NS(=O)(=O)OC1(Oc2cc(N[C@H]3CCc4ccccc43)ncn2)CCCC1CO. The third kappa shape index (κ3) is 4.35. The zero-order valence-electron chi connectivity index (χ0n) is 15.8. The van der Waals surface area contributed by atoms with Crippen molar-refractivity contribution in [1.82, 2.24) is 9.97 Å². The average molecular weight is 420 g/mol. The Morgan fingerprint density at radius 3 is 2.90 bits per heavy atom. The molecule has 4 N–H and O–H groups in total. The number of aliphatic hydroxyl groups is 1. The second-order valence-corrected chi connectivity index (χ2v) is 8.59. The Bertz CT molecular complexity index is 986. The monoisotopic (exact) mass is 420 g/mol. The molecule has 0 saturated heterocycles. The van der Waals surface area contributed by atoms with Crippen LogP contribution in [0.25, 0.3) is 0 Å². The molecule has 1 aromatic heterocycles. The van der Waals surface area contributed by atoms with Crippen molar-refractivity contribution in [2.75, 3.05) is 11.9 Å². The molecular weight excluding hydrogens is 396 g/mol. The molecule has 0 spiro atoms. The predicted octanol–water partition coefficient (Wildman–Crippen LogP) is 1.66. The van der Waals surface area contributed by atoms with Gasteiger partial charge in [-0.15, -0.1) is 0 Å². The number of rotatable bonds is 7. The highest BCUT2D eigenvalue weighted by molar-refractivity contribution is 7.84. The quantitative estimate of drug-likeness (QED) is 0.575. The molecule has 10 heteroatoms. The average Bonchev–Trinajstić information content (AvgIpc) is 3.25. The largest absolute Gasteiger partial charge is 0.443 e. The van der Waals surface area contributed by atoms with Crippen LogP contribution in [-0.4, -0.2) is 35.9 Å².